The first-order chi connectivity index (χ1) is 11.1. The number of nitrogens with zero attached hydrogens (tertiary/aromatic N) is 1. The van der Waals surface area contributed by atoms with Crippen LogP contribution < -0.4 is 10.1 Å². The SMILES string of the molecule is CC1NCCN(C(=O)c2cccc(OCc3cccs3)c2)C1C. The highest BCUT2D eigenvalue weighted by atomic mass is 32.1. The molecular formula is C18H22N2O2S. The van der Waals surface area contributed by atoms with Gasteiger partial charge in [0.2, 0.25) is 0 Å². The molecule has 2 unspecified atom stereocenters. The first-order valence-corrected chi connectivity index (χ1v) is 8.82. The average Bonchev–Trinajstić information content (AvgIpc) is 3.09. The zero-order valence-electron chi connectivity index (χ0n) is 13.5. The largest absolute Gasteiger partial charge is 0.488 e. The molecule has 122 valence electrons. The van der Waals surface area contributed by atoms with Crippen molar-refractivity contribution in [3.8, 4) is 5.75 Å². The predicted molar refractivity (Wildman–Crippen MR) is 93.1 cm³/mol. The summed E-state index contributed by atoms with van der Waals surface area (Å²) in [4.78, 5) is 15.9. The maximum Gasteiger partial charge on any atom is 0.254 e. The Balaban J connectivity index is 1.70. The predicted octanol–water partition coefficient (Wildman–Crippen LogP) is 3.15. The molecule has 4 nitrogen and oxygen atoms in total. The second-order valence-electron chi connectivity index (χ2n) is 5.88. The van der Waals surface area contributed by atoms with Crippen LogP contribution in [-0.2, 0) is 6.61 Å². The van der Waals surface area contributed by atoms with Crippen LogP contribution in [0.4, 0.5) is 0 Å². The van der Waals surface area contributed by atoms with Crippen molar-refractivity contribution in [1.29, 1.82) is 0 Å². The molecule has 0 saturated carbocycles. The lowest BCUT2D eigenvalue weighted by atomic mass is 10.1. The van der Waals surface area contributed by atoms with Crippen molar-refractivity contribution in [2.24, 2.45) is 0 Å². The number of ether oxygens (including phenoxy) is 1. The van der Waals surface area contributed by atoms with Crippen molar-refractivity contribution in [3.05, 3.63) is 52.2 Å². The van der Waals surface area contributed by atoms with Gasteiger partial charge in [-0.15, -0.1) is 11.3 Å². The van der Waals surface area contributed by atoms with Gasteiger partial charge in [0.25, 0.3) is 5.91 Å². The van der Waals surface area contributed by atoms with Gasteiger partial charge in [-0.05, 0) is 43.5 Å². The van der Waals surface area contributed by atoms with E-state index in [4.69, 9.17) is 4.74 Å². The van der Waals surface area contributed by atoms with Crippen LogP contribution in [-0.4, -0.2) is 36.0 Å². The third-order valence-electron chi connectivity index (χ3n) is 4.34. The van der Waals surface area contributed by atoms with Gasteiger partial charge in [-0.25, -0.2) is 0 Å². The molecule has 1 aromatic carbocycles. The standard InChI is InChI=1S/C18H22N2O2S/c1-13-14(2)20(9-8-19-13)18(21)15-5-3-6-16(11-15)22-12-17-7-4-10-23-17/h3-7,10-11,13-14,19H,8-9,12H2,1-2H3. The molecule has 0 aliphatic carbocycles. The zero-order chi connectivity index (χ0) is 16.2. The quantitative estimate of drug-likeness (QED) is 0.936. The van der Waals surface area contributed by atoms with Gasteiger partial charge in [0.1, 0.15) is 12.4 Å². The van der Waals surface area contributed by atoms with Crippen LogP contribution >= 0.6 is 11.3 Å². The Bertz CT molecular complexity index is 657. The Kier molecular flexibility index (Phi) is 4.98. The molecule has 2 aromatic rings. The van der Waals surface area contributed by atoms with Crippen LogP contribution in [0, 0.1) is 0 Å². The molecule has 0 bridgehead atoms. The molecule has 1 aliphatic rings. The van der Waals surface area contributed by atoms with E-state index in [1.807, 2.05) is 46.7 Å². The van der Waals surface area contributed by atoms with Crippen LogP contribution in [0.5, 0.6) is 5.75 Å². The molecule has 1 fully saturated rings. The Morgan fingerprint density at radius 3 is 3.00 bits per heavy atom. The number of carbonyl (C=O) groups is 1. The number of hydrogen-bond donors (Lipinski definition) is 1. The molecule has 5 heteroatoms. The Labute approximate surface area is 141 Å². The van der Waals surface area contributed by atoms with E-state index >= 15 is 0 Å². The van der Waals surface area contributed by atoms with Crippen LogP contribution in [0.25, 0.3) is 0 Å². The van der Waals surface area contributed by atoms with E-state index in [0.29, 0.717) is 18.2 Å². The summed E-state index contributed by atoms with van der Waals surface area (Å²) in [5.41, 5.74) is 0.689. The smallest absolute Gasteiger partial charge is 0.254 e. The van der Waals surface area contributed by atoms with Gasteiger partial charge in [0, 0.05) is 35.6 Å². The second-order valence-corrected chi connectivity index (χ2v) is 6.91. The van der Waals surface area contributed by atoms with Crippen molar-refractivity contribution >= 4 is 17.2 Å². The third-order valence-corrected chi connectivity index (χ3v) is 5.19. The van der Waals surface area contributed by atoms with Gasteiger partial charge >= 0.3 is 0 Å². The van der Waals surface area contributed by atoms with E-state index in [1.54, 1.807) is 11.3 Å². The normalized spacial score (nSPS) is 21.2. The molecule has 0 spiro atoms. The molecule has 0 radical (unpaired) electrons. The summed E-state index contributed by atoms with van der Waals surface area (Å²) in [5.74, 6) is 0.813. The minimum absolute atomic E-state index is 0.0763. The minimum Gasteiger partial charge on any atom is -0.488 e. The highest BCUT2D eigenvalue weighted by Gasteiger charge is 2.28. The third kappa shape index (κ3) is 3.74. The van der Waals surface area contributed by atoms with E-state index in [0.717, 1.165) is 18.8 Å². The summed E-state index contributed by atoms with van der Waals surface area (Å²) in [7, 11) is 0. The van der Waals surface area contributed by atoms with Crippen molar-refractivity contribution in [3.63, 3.8) is 0 Å². The summed E-state index contributed by atoms with van der Waals surface area (Å²) < 4.78 is 5.80. The van der Waals surface area contributed by atoms with E-state index in [2.05, 4.69) is 19.2 Å². The topological polar surface area (TPSA) is 41.6 Å². The first-order valence-electron chi connectivity index (χ1n) is 7.95. The molecule has 3 rings (SSSR count). The fraction of sp³-hybridized carbons (Fsp3) is 0.389. The highest BCUT2D eigenvalue weighted by molar-refractivity contribution is 7.09. The maximum absolute atomic E-state index is 12.8. The monoisotopic (exact) mass is 330 g/mol. The van der Waals surface area contributed by atoms with Gasteiger partial charge in [0.05, 0.1) is 0 Å². The average molecular weight is 330 g/mol. The number of hydrogen-bond acceptors (Lipinski definition) is 4. The van der Waals surface area contributed by atoms with Crippen LogP contribution in [0.3, 0.4) is 0 Å². The summed E-state index contributed by atoms with van der Waals surface area (Å²) in [6, 6.07) is 12.0. The first kappa shape index (κ1) is 16.0. The molecule has 1 N–H and O–H groups in total. The van der Waals surface area contributed by atoms with Gasteiger partial charge < -0.3 is 15.0 Å². The summed E-state index contributed by atoms with van der Waals surface area (Å²) >= 11 is 1.67. The number of amides is 1. The fourth-order valence-electron chi connectivity index (χ4n) is 2.78. The highest BCUT2D eigenvalue weighted by Crippen LogP contribution is 2.20. The summed E-state index contributed by atoms with van der Waals surface area (Å²) in [6.07, 6.45) is 0. The van der Waals surface area contributed by atoms with Crippen LogP contribution in [0.2, 0.25) is 0 Å². The number of rotatable bonds is 4. The molecule has 2 atom stereocenters. The van der Waals surface area contributed by atoms with E-state index in [9.17, 15) is 4.79 Å². The van der Waals surface area contributed by atoms with Crippen molar-refractivity contribution in [2.75, 3.05) is 13.1 Å². The van der Waals surface area contributed by atoms with Crippen molar-refractivity contribution < 1.29 is 9.53 Å². The number of benzene rings is 1. The molecular weight excluding hydrogens is 308 g/mol. The summed E-state index contributed by atoms with van der Waals surface area (Å²) in [5, 5.41) is 5.43. The number of piperazine rings is 1. The Morgan fingerprint density at radius 2 is 2.22 bits per heavy atom. The Hall–Kier alpha value is -1.85. The number of thiophene rings is 1. The second kappa shape index (κ2) is 7.15. The molecule has 23 heavy (non-hydrogen) atoms. The van der Waals surface area contributed by atoms with Gasteiger partial charge in [-0.3, -0.25) is 4.79 Å². The van der Waals surface area contributed by atoms with E-state index in [-0.39, 0.29) is 11.9 Å². The molecule has 1 amide bonds. The lowest BCUT2D eigenvalue weighted by Crippen LogP contribution is -2.57. The van der Waals surface area contributed by atoms with Gasteiger partial charge in [-0.1, -0.05) is 12.1 Å². The molecule has 1 aromatic heterocycles. The van der Waals surface area contributed by atoms with Crippen molar-refractivity contribution in [1.82, 2.24) is 10.2 Å². The number of carbonyl (C=O) groups excluding carboxylic acids is 1. The lowest BCUT2D eigenvalue weighted by Gasteiger charge is -2.38. The Morgan fingerprint density at radius 1 is 1.35 bits per heavy atom. The molecule has 2 heterocycles. The summed E-state index contributed by atoms with van der Waals surface area (Å²) in [6.45, 7) is 6.32. The number of nitrogens with one attached hydrogen (secondary N) is 1. The van der Waals surface area contributed by atoms with Gasteiger partial charge in [0.15, 0.2) is 0 Å². The molecule has 1 saturated heterocycles. The maximum atomic E-state index is 12.8. The van der Waals surface area contributed by atoms with E-state index < -0.39 is 0 Å². The molecule has 1 aliphatic heterocycles. The van der Waals surface area contributed by atoms with Gasteiger partial charge in [-0.2, -0.15) is 0 Å². The van der Waals surface area contributed by atoms with Crippen molar-refractivity contribution in [2.45, 2.75) is 32.5 Å². The zero-order valence-corrected chi connectivity index (χ0v) is 14.3. The fourth-order valence-corrected chi connectivity index (χ4v) is 3.39. The lowest BCUT2D eigenvalue weighted by molar-refractivity contribution is 0.0602. The van der Waals surface area contributed by atoms with E-state index in [1.165, 1.54) is 4.88 Å². The minimum atomic E-state index is 0.0763. The van der Waals surface area contributed by atoms with Crippen LogP contribution in [0.15, 0.2) is 41.8 Å². The van der Waals surface area contributed by atoms with Crippen LogP contribution in [0.1, 0.15) is 29.1 Å².